The summed E-state index contributed by atoms with van der Waals surface area (Å²) in [6.45, 7) is 1.57. The van der Waals surface area contributed by atoms with Gasteiger partial charge in [0.2, 0.25) is 5.91 Å². The van der Waals surface area contributed by atoms with Crippen molar-refractivity contribution in [1.29, 1.82) is 0 Å². The summed E-state index contributed by atoms with van der Waals surface area (Å²) in [6, 6.07) is 21.8. The number of carbonyl (C=O) groups is 3. The summed E-state index contributed by atoms with van der Waals surface area (Å²) in [4.78, 5) is 41.7. The number of β-lactam (4-membered cyclic amide) rings is 1. The Kier molecular flexibility index (Phi) is 7.45. The van der Waals surface area contributed by atoms with E-state index in [2.05, 4.69) is 5.32 Å². The second-order valence-electron chi connectivity index (χ2n) is 8.87. The van der Waals surface area contributed by atoms with Crippen molar-refractivity contribution in [2.75, 3.05) is 5.75 Å². The lowest BCUT2D eigenvalue weighted by Gasteiger charge is -2.50. The van der Waals surface area contributed by atoms with Gasteiger partial charge in [0.25, 0.3) is 5.91 Å². The lowest BCUT2D eigenvalue weighted by molar-refractivity contribution is -0.154. The fourth-order valence-corrected chi connectivity index (χ4v) is 6.66. The molecule has 1 fully saturated rings. The van der Waals surface area contributed by atoms with Crippen LogP contribution >= 0.6 is 23.1 Å². The Hall–Kier alpha value is -3.40. The van der Waals surface area contributed by atoms with Gasteiger partial charge in [-0.3, -0.25) is 14.5 Å². The number of fused-ring (bicyclic) bond motifs is 1. The van der Waals surface area contributed by atoms with Gasteiger partial charge in [0.1, 0.15) is 17.1 Å². The van der Waals surface area contributed by atoms with Crippen molar-refractivity contribution in [1.82, 2.24) is 10.2 Å². The van der Waals surface area contributed by atoms with E-state index in [-0.39, 0.29) is 18.0 Å². The first kappa shape index (κ1) is 25.3. The van der Waals surface area contributed by atoms with E-state index < -0.39 is 35.5 Å². The van der Waals surface area contributed by atoms with Gasteiger partial charge in [-0.15, -0.1) is 23.1 Å². The number of benzene rings is 2. The molecule has 37 heavy (non-hydrogen) atoms. The van der Waals surface area contributed by atoms with Gasteiger partial charge in [-0.1, -0.05) is 66.7 Å². The van der Waals surface area contributed by atoms with Gasteiger partial charge in [0, 0.05) is 10.6 Å². The number of nitrogens with one attached hydrogen (secondary N) is 1. The highest BCUT2D eigenvalue weighted by Gasteiger charge is 2.55. The molecular weight excluding hydrogens is 508 g/mol. The molecule has 2 N–H and O–H groups in total. The van der Waals surface area contributed by atoms with Crippen LogP contribution in [-0.2, 0) is 25.5 Å². The van der Waals surface area contributed by atoms with Crippen molar-refractivity contribution in [3.63, 3.8) is 0 Å². The Morgan fingerprint density at radius 3 is 2.27 bits per heavy atom. The van der Waals surface area contributed by atoms with Gasteiger partial charge in [-0.25, -0.2) is 4.79 Å². The molecule has 0 spiro atoms. The van der Waals surface area contributed by atoms with Gasteiger partial charge < -0.3 is 15.2 Å². The van der Waals surface area contributed by atoms with Gasteiger partial charge in [0.15, 0.2) is 6.10 Å². The number of hydrogen-bond acceptors (Lipinski definition) is 7. The topological polar surface area (TPSA) is 95.9 Å². The Bertz CT molecular complexity index is 1270. The molecule has 2 aliphatic heterocycles. The van der Waals surface area contributed by atoms with Crippen LogP contribution in [-0.4, -0.2) is 51.1 Å². The van der Waals surface area contributed by atoms with Gasteiger partial charge >= 0.3 is 5.97 Å². The molecule has 3 atom stereocenters. The fraction of sp³-hybridized carbons (Fsp3) is 0.250. The van der Waals surface area contributed by atoms with E-state index in [9.17, 15) is 19.5 Å². The maximum Gasteiger partial charge on any atom is 0.356 e. The lowest BCUT2D eigenvalue weighted by Crippen LogP contribution is -2.71. The molecule has 1 saturated heterocycles. The molecule has 3 heterocycles. The zero-order chi connectivity index (χ0) is 25.9. The van der Waals surface area contributed by atoms with E-state index in [4.69, 9.17) is 4.74 Å². The van der Waals surface area contributed by atoms with E-state index in [0.29, 0.717) is 11.3 Å². The molecule has 1 unspecified atom stereocenters. The van der Waals surface area contributed by atoms with Crippen LogP contribution in [0.15, 0.2) is 89.4 Å². The van der Waals surface area contributed by atoms with Crippen molar-refractivity contribution < 1.29 is 24.2 Å². The van der Waals surface area contributed by atoms with Crippen LogP contribution in [0.1, 0.15) is 29.0 Å². The summed E-state index contributed by atoms with van der Waals surface area (Å²) < 4.78 is 6.03. The highest BCUT2D eigenvalue weighted by atomic mass is 32.2. The normalized spacial score (nSPS) is 19.8. The minimum absolute atomic E-state index is 0.0596. The van der Waals surface area contributed by atoms with Crippen LogP contribution in [0.3, 0.4) is 0 Å². The average molecular weight is 535 g/mol. The monoisotopic (exact) mass is 534 g/mol. The Morgan fingerprint density at radius 1 is 1.05 bits per heavy atom. The molecule has 2 aliphatic rings. The zero-order valence-corrected chi connectivity index (χ0v) is 21.7. The molecule has 0 aliphatic carbocycles. The summed E-state index contributed by atoms with van der Waals surface area (Å²) in [5.41, 5.74) is 2.07. The maximum absolute atomic E-state index is 13.7. The van der Waals surface area contributed by atoms with Crippen LogP contribution in [0.5, 0.6) is 0 Å². The highest BCUT2D eigenvalue weighted by molar-refractivity contribution is 8.00. The summed E-state index contributed by atoms with van der Waals surface area (Å²) >= 11 is 2.89. The third-order valence-corrected chi connectivity index (χ3v) is 8.53. The van der Waals surface area contributed by atoms with Crippen LogP contribution in [0.2, 0.25) is 0 Å². The zero-order valence-electron chi connectivity index (χ0n) is 20.1. The predicted octanol–water partition coefficient (Wildman–Crippen LogP) is 3.66. The Labute approximate surface area is 223 Å². The van der Waals surface area contributed by atoms with Gasteiger partial charge in [-0.2, -0.15) is 0 Å². The van der Waals surface area contributed by atoms with Crippen molar-refractivity contribution in [2.45, 2.75) is 37.0 Å². The average Bonchev–Trinajstić information content (AvgIpc) is 3.43. The third-order valence-electron chi connectivity index (χ3n) is 6.36. The molecule has 1 aromatic heterocycles. The number of hydrogen-bond donors (Lipinski definition) is 2. The standard InChI is InChI=1S/C28H26N2O5S2/c1-17(31)21-16-37-27-23(29-22(32)15-20-13-8-14-36-20)26(33)30(27)24(21)28(34)35-25(18-9-4-2-5-10-18)19-11-6-3-7-12-19/h2-14,17,23,25,27,31H,15-16H2,1H3,(H,29,32)/t17?,23-,27-/m1/s1. The first-order chi connectivity index (χ1) is 17.9. The Balaban J connectivity index is 1.39. The molecule has 3 aromatic rings. The molecule has 190 valence electrons. The van der Waals surface area contributed by atoms with Crippen molar-refractivity contribution in [3.8, 4) is 0 Å². The predicted molar refractivity (Wildman–Crippen MR) is 143 cm³/mol. The number of thioether (sulfide) groups is 1. The van der Waals surface area contributed by atoms with E-state index >= 15 is 0 Å². The molecule has 0 bridgehead atoms. The quantitative estimate of drug-likeness (QED) is 0.338. The number of nitrogens with zero attached hydrogens (tertiary/aromatic N) is 1. The Morgan fingerprint density at radius 2 is 1.70 bits per heavy atom. The number of amides is 2. The van der Waals surface area contributed by atoms with Crippen LogP contribution in [0, 0.1) is 0 Å². The number of aliphatic hydroxyl groups is 1. The number of rotatable bonds is 8. The summed E-state index contributed by atoms with van der Waals surface area (Å²) in [5, 5.41) is 14.7. The molecule has 5 rings (SSSR count). The van der Waals surface area contributed by atoms with E-state index in [1.165, 1.54) is 28.0 Å². The molecular formula is C28H26N2O5S2. The molecule has 0 radical (unpaired) electrons. The minimum Gasteiger partial charge on any atom is -0.448 e. The number of aliphatic hydroxyl groups excluding tert-OH is 1. The van der Waals surface area contributed by atoms with E-state index in [1.807, 2.05) is 78.2 Å². The molecule has 9 heteroatoms. The number of esters is 1. The van der Waals surface area contributed by atoms with Crippen LogP contribution in [0.4, 0.5) is 0 Å². The second kappa shape index (κ2) is 10.9. The smallest absolute Gasteiger partial charge is 0.356 e. The maximum atomic E-state index is 13.7. The van der Waals surface area contributed by atoms with Crippen molar-refractivity contribution >= 4 is 40.9 Å². The largest absolute Gasteiger partial charge is 0.448 e. The van der Waals surface area contributed by atoms with Gasteiger partial charge in [0.05, 0.1) is 12.5 Å². The highest BCUT2D eigenvalue weighted by Crippen LogP contribution is 2.42. The molecule has 7 nitrogen and oxygen atoms in total. The fourth-order valence-electron chi connectivity index (χ4n) is 4.49. The number of carbonyl (C=O) groups excluding carboxylic acids is 3. The molecule has 2 amide bonds. The minimum atomic E-state index is -0.942. The first-order valence-electron chi connectivity index (χ1n) is 11.9. The summed E-state index contributed by atoms with van der Waals surface area (Å²) in [5.74, 6) is -0.980. The molecule has 0 saturated carbocycles. The van der Waals surface area contributed by atoms with Crippen LogP contribution in [0.25, 0.3) is 0 Å². The van der Waals surface area contributed by atoms with E-state index in [0.717, 1.165) is 16.0 Å². The molecule has 2 aromatic carbocycles. The SMILES string of the molecule is CC(O)C1=C(C(=O)OC(c2ccccc2)c2ccccc2)N2C(=O)[C@@H](NC(=O)Cc3cccs3)[C@H]2SC1. The third kappa shape index (κ3) is 5.20. The summed E-state index contributed by atoms with van der Waals surface area (Å²) in [7, 11) is 0. The van der Waals surface area contributed by atoms with Crippen LogP contribution < -0.4 is 5.32 Å². The lowest BCUT2D eigenvalue weighted by atomic mass is 9.99. The van der Waals surface area contributed by atoms with Gasteiger partial charge in [-0.05, 0) is 35.1 Å². The van der Waals surface area contributed by atoms with Crippen molar-refractivity contribution in [2.24, 2.45) is 0 Å². The second-order valence-corrected chi connectivity index (χ2v) is 11.0. The summed E-state index contributed by atoms with van der Waals surface area (Å²) in [6.07, 6.45) is -1.44. The number of ether oxygens (including phenoxy) is 1. The van der Waals surface area contributed by atoms with Crippen molar-refractivity contribution in [3.05, 3.63) is 105 Å². The first-order valence-corrected chi connectivity index (χ1v) is 13.8. The number of thiophene rings is 1. The van der Waals surface area contributed by atoms with E-state index in [1.54, 1.807) is 6.92 Å².